The minimum Gasteiger partial charge on any atom is -0.388 e. The number of benzene rings is 1. The SMILES string of the molecule is CCC(O)c1cnn(Cc2cc(Br)ccc2F)c1. The summed E-state index contributed by atoms with van der Waals surface area (Å²) in [4.78, 5) is 0. The van der Waals surface area contributed by atoms with Crippen LogP contribution in [-0.4, -0.2) is 14.9 Å². The van der Waals surface area contributed by atoms with E-state index in [-0.39, 0.29) is 5.82 Å². The van der Waals surface area contributed by atoms with Gasteiger partial charge >= 0.3 is 0 Å². The largest absolute Gasteiger partial charge is 0.388 e. The summed E-state index contributed by atoms with van der Waals surface area (Å²) in [5.41, 5.74) is 1.32. The average molecular weight is 313 g/mol. The molecule has 0 aliphatic carbocycles. The van der Waals surface area contributed by atoms with Crippen LogP contribution in [0.25, 0.3) is 0 Å². The second-order valence-corrected chi connectivity index (χ2v) is 5.05. The first-order valence-electron chi connectivity index (χ1n) is 5.74. The Morgan fingerprint density at radius 3 is 3.00 bits per heavy atom. The Labute approximate surface area is 113 Å². The lowest BCUT2D eigenvalue weighted by atomic mass is 10.1. The van der Waals surface area contributed by atoms with Crippen molar-refractivity contribution in [2.45, 2.75) is 26.0 Å². The summed E-state index contributed by atoms with van der Waals surface area (Å²) in [6.45, 7) is 2.25. The molecule has 0 fully saturated rings. The van der Waals surface area contributed by atoms with Crippen LogP contribution >= 0.6 is 15.9 Å². The molecule has 1 heterocycles. The maximum absolute atomic E-state index is 13.6. The summed E-state index contributed by atoms with van der Waals surface area (Å²) in [5.74, 6) is -0.258. The number of hydrogen-bond donors (Lipinski definition) is 1. The zero-order valence-corrected chi connectivity index (χ0v) is 11.6. The van der Waals surface area contributed by atoms with Gasteiger partial charge in [-0.2, -0.15) is 5.10 Å². The summed E-state index contributed by atoms with van der Waals surface area (Å²) in [5, 5.41) is 13.8. The summed E-state index contributed by atoms with van der Waals surface area (Å²) >= 11 is 3.31. The second-order valence-electron chi connectivity index (χ2n) is 4.13. The maximum atomic E-state index is 13.6. The number of hydrogen-bond acceptors (Lipinski definition) is 2. The van der Waals surface area contributed by atoms with Gasteiger partial charge in [-0.25, -0.2) is 4.39 Å². The van der Waals surface area contributed by atoms with Crippen molar-refractivity contribution in [1.82, 2.24) is 9.78 Å². The highest BCUT2D eigenvalue weighted by molar-refractivity contribution is 9.10. The van der Waals surface area contributed by atoms with Crippen molar-refractivity contribution in [3.05, 3.63) is 52.0 Å². The maximum Gasteiger partial charge on any atom is 0.128 e. The van der Waals surface area contributed by atoms with Crippen molar-refractivity contribution >= 4 is 15.9 Å². The van der Waals surface area contributed by atoms with E-state index in [2.05, 4.69) is 21.0 Å². The van der Waals surface area contributed by atoms with Crippen molar-refractivity contribution in [3.63, 3.8) is 0 Å². The number of rotatable bonds is 4. The molecular weight excluding hydrogens is 299 g/mol. The molecule has 0 amide bonds. The molecule has 0 radical (unpaired) electrons. The van der Waals surface area contributed by atoms with E-state index >= 15 is 0 Å². The second kappa shape index (κ2) is 5.63. The molecule has 0 saturated heterocycles. The zero-order chi connectivity index (χ0) is 13.1. The molecule has 0 bridgehead atoms. The normalized spacial score (nSPS) is 12.7. The fourth-order valence-electron chi connectivity index (χ4n) is 1.71. The first-order valence-corrected chi connectivity index (χ1v) is 6.53. The smallest absolute Gasteiger partial charge is 0.128 e. The molecule has 18 heavy (non-hydrogen) atoms. The van der Waals surface area contributed by atoms with E-state index in [0.717, 1.165) is 10.0 Å². The van der Waals surface area contributed by atoms with Crippen molar-refractivity contribution in [2.24, 2.45) is 0 Å². The molecule has 0 aliphatic heterocycles. The number of aromatic nitrogens is 2. The number of halogens is 2. The monoisotopic (exact) mass is 312 g/mol. The minimum atomic E-state index is -0.508. The fourth-order valence-corrected chi connectivity index (χ4v) is 2.12. The third-order valence-corrected chi connectivity index (χ3v) is 3.26. The molecule has 0 spiro atoms. The molecular formula is C13H14BrFN2O. The molecule has 2 aromatic rings. The standard InChI is InChI=1S/C13H14BrFN2O/c1-2-13(18)10-6-16-17(8-10)7-9-5-11(14)3-4-12(9)15/h3-6,8,13,18H,2,7H2,1H3. The lowest BCUT2D eigenvalue weighted by molar-refractivity contribution is 0.173. The zero-order valence-electron chi connectivity index (χ0n) is 9.98. The Morgan fingerprint density at radius 2 is 2.28 bits per heavy atom. The number of aliphatic hydroxyl groups is 1. The Hall–Kier alpha value is -1.20. The van der Waals surface area contributed by atoms with Gasteiger partial charge in [0, 0.05) is 21.8 Å². The molecule has 0 saturated carbocycles. The molecule has 1 unspecified atom stereocenters. The van der Waals surface area contributed by atoms with Crippen molar-refractivity contribution < 1.29 is 9.50 Å². The van der Waals surface area contributed by atoms with Crippen LogP contribution in [0.3, 0.4) is 0 Å². The summed E-state index contributed by atoms with van der Waals surface area (Å²) in [6.07, 6.45) is 3.49. The number of aliphatic hydroxyl groups excluding tert-OH is 1. The Bertz CT molecular complexity index is 542. The lowest BCUT2D eigenvalue weighted by Crippen LogP contribution is -2.02. The molecule has 3 nitrogen and oxygen atoms in total. The van der Waals surface area contributed by atoms with Crippen LogP contribution in [0.5, 0.6) is 0 Å². The molecule has 1 atom stereocenters. The van der Waals surface area contributed by atoms with Crippen LogP contribution in [0.4, 0.5) is 4.39 Å². The van der Waals surface area contributed by atoms with Crippen LogP contribution in [0, 0.1) is 5.82 Å². The van der Waals surface area contributed by atoms with Gasteiger partial charge in [-0.15, -0.1) is 0 Å². The highest BCUT2D eigenvalue weighted by Gasteiger charge is 2.09. The lowest BCUT2D eigenvalue weighted by Gasteiger charge is -2.05. The average Bonchev–Trinajstić information content (AvgIpc) is 2.81. The first kappa shape index (κ1) is 13.2. The Kier molecular flexibility index (Phi) is 4.14. The molecule has 0 aliphatic rings. The van der Waals surface area contributed by atoms with E-state index in [4.69, 9.17) is 0 Å². The van der Waals surface area contributed by atoms with Gasteiger partial charge in [0.1, 0.15) is 5.82 Å². The quantitative estimate of drug-likeness (QED) is 0.941. The van der Waals surface area contributed by atoms with E-state index < -0.39 is 6.10 Å². The van der Waals surface area contributed by atoms with Crippen LogP contribution < -0.4 is 0 Å². The van der Waals surface area contributed by atoms with Crippen molar-refractivity contribution in [1.29, 1.82) is 0 Å². The first-order chi connectivity index (χ1) is 8.60. The topological polar surface area (TPSA) is 38.1 Å². The molecule has 1 aromatic heterocycles. The van der Waals surface area contributed by atoms with E-state index in [1.54, 1.807) is 29.2 Å². The van der Waals surface area contributed by atoms with Gasteiger partial charge in [0.2, 0.25) is 0 Å². The van der Waals surface area contributed by atoms with Gasteiger partial charge in [0.25, 0.3) is 0 Å². The third kappa shape index (κ3) is 2.97. The molecule has 1 N–H and O–H groups in total. The van der Waals surface area contributed by atoms with E-state index in [9.17, 15) is 9.50 Å². The van der Waals surface area contributed by atoms with Gasteiger partial charge in [-0.1, -0.05) is 22.9 Å². The summed E-state index contributed by atoms with van der Waals surface area (Å²) in [7, 11) is 0. The van der Waals surface area contributed by atoms with E-state index in [0.29, 0.717) is 18.5 Å². The predicted molar refractivity (Wildman–Crippen MR) is 70.7 cm³/mol. The van der Waals surface area contributed by atoms with Gasteiger partial charge < -0.3 is 5.11 Å². The van der Waals surface area contributed by atoms with Crippen molar-refractivity contribution in [2.75, 3.05) is 0 Å². The summed E-state index contributed by atoms with van der Waals surface area (Å²) in [6, 6.07) is 4.81. The van der Waals surface area contributed by atoms with Gasteiger partial charge in [-0.3, -0.25) is 4.68 Å². The van der Waals surface area contributed by atoms with Crippen LogP contribution in [0.1, 0.15) is 30.6 Å². The fraction of sp³-hybridized carbons (Fsp3) is 0.308. The van der Waals surface area contributed by atoms with Gasteiger partial charge in [0.05, 0.1) is 18.8 Å². The van der Waals surface area contributed by atoms with Crippen LogP contribution in [-0.2, 0) is 6.54 Å². The van der Waals surface area contributed by atoms with Crippen LogP contribution in [0.15, 0.2) is 35.1 Å². The molecule has 96 valence electrons. The van der Waals surface area contributed by atoms with Gasteiger partial charge in [-0.05, 0) is 24.6 Å². The van der Waals surface area contributed by atoms with Crippen molar-refractivity contribution in [3.8, 4) is 0 Å². The molecule has 1 aromatic carbocycles. The Balaban J connectivity index is 2.18. The third-order valence-electron chi connectivity index (χ3n) is 2.76. The van der Waals surface area contributed by atoms with E-state index in [1.165, 1.54) is 6.07 Å². The molecule has 5 heteroatoms. The van der Waals surface area contributed by atoms with Crippen LogP contribution in [0.2, 0.25) is 0 Å². The van der Waals surface area contributed by atoms with E-state index in [1.807, 2.05) is 6.92 Å². The number of nitrogens with zero attached hydrogens (tertiary/aromatic N) is 2. The van der Waals surface area contributed by atoms with Gasteiger partial charge in [0.15, 0.2) is 0 Å². The highest BCUT2D eigenvalue weighted by atomic mass is 79.9. The predicted octanol–water partition coefficient (Wildman–Crippen LogP) is 3.28. The minimum absolute atomic E-state index is 0.258. The summed E-state index contributed by atoms with van der Waals surface area (Å²) < 4.78 is 16.0. The molecule has 2 rings (SSSR count). The highest BCUT2D eigenvalue weighted by Crippen LogP contribution is 2.18. The Morgan fingerprint density at radius 1 is 1.50 bits per heavy atom.